The fourth-order valence-corrected chi connectivity index (χ4v) is 3.44. The fraction of sp³-hybridized carbons (Fsp3) is 0.450. The Balaban J connectivity index is 0.00000392. The summed E-state index contributed by atoms with van der Waals surface area (Å²) in [6.45, 7) is 6.38. The first-order chi connectivity index (χ1) is 13.1. The van der Waals surface area contributed by atoms with Crippen LogP contribution in [-0.4, -0.2) is 40.4 Å². The lowest BCUT2D eigenvalue weighted by Crippen LogP contribution is -2.39. The summed E-state index contributed by atoms with van der Waals surface area (Å²) in [7, 11) is 4.82. The molecule has 1 aromatic carbocycles. The number of hydrogen-bond donors (Lipinski definition) is 2. The van der Waals surface area contributed by atoms with Crippen molar-refractivity contribution in [1.82, 2.24) is 10.6 Å². The number of guanidine groups is 1. The van der Waals surface area contributed by atoms with Crippen molar-refractivity contribution < 1.29 is 14.2 Å². The van der Waals surface area contributed by atoms with Gasteiger partial charge in [0.05, 0.1) is 27.9 Å². The van der Waals surface area contributed by atoms with Gasteiger partial charge in [-0.15, -0.1) is 24.0 Å². The zero-order valence-corrected chi connectivity index (χ0v) is 20.2. The van der Waals surface area contributed by atoms with Crippen molar-refractivity contribution in [1.29, 1.82) is 0 Å². The van der Waals surface area contributed by atoms with Crippen LogP contribution in [0.25, 0.3) is 0 Å². The lowest BCUT2D eigenvalue weighted by Gasteiger charge is -2.16. The Hall–Kier alpha value is -1.68. The van der Waals surface area contributed by atoms with Gasteiger partial charge >= 0.3 is 0 Å². The molecule has 0 fully saturated rings. The van der Waals surface area contributed by atoms with E-state index in [2.05, 4.69) is 46.3 Å². The molecule has 6 nitrogen and oxygen atoms in total. The molecule has 1 unspecified atom stereocenters. The van der Waals surface area contributed by atoms with Gasteiger partial charge in [0.1, 0.15) is 0 Å². The molecule has 1 heterocycles. The third-order valence-corrected chi connectivity index (χ3v) is 4.88. The molecule has 2 N–H and O–H groups in total. The summed E-state index contributed by atoms with van der Waals surface area (Å²) in [6.07, 6.45) is 0. The van der Waals surface area contributed by atoms with E-state index in [1.165, 1.54) is 5.56 Å². The lowest BCUT2D eigenvalue weighted by molar-refractivity contribution is 0.324. The third kappa shape index (κ3) is 6.73. The number of thiophene rings is 1. The fourth-order valence-electron chi connectivity index (χ4n) is 2.66. The molecular formula is C20H30IN3O3S. The predicted molar refractivity (Wildman–Crippen MR) is 127 cm³/mol. The van der Waals surface area contributed by atoms with Gasteiger partial charge in [-0.05, 0) is 52.9 Å². The molecule has 0 amide bonds. The van der Waals surface area contributed by atoms with Crippen LogP contribution in [0.3, 0.4) is 0 Å². The third-order valence-electron chi connectivity index (χ3n) is 4.18. The van der Waals surface area contributed by atoms with Crippen LogP contribution in [0.5, 0.6) is 17.2 Å². The van der Waals surface area contributed by atoms with Gasteiger partial charge in [0.15, 0.2) is 17.5 Å². The summed E-state index contributed by atoms with van der Waals surface area (Å²) in [5, 5.41) is 11.0. The number of benzene rings is 1. The van der Waals surface area contributed by atoms with Crippen molar-refractivity contribution in [3.8, 4) is 17.2 Å². The first-order valence-corrected chi connectivity index (χ1v) is 9.90. The number of aliphatic imine (C=N–C) groups is 1. The van der Waals surface area contributed by atoms with Crippen LogP contribution in [0.4, 0.5) is 0 Å². The van der Waals surface area contributed by atoms with Crippen molar-refractivity contribution >= 4 is 41.3 Å². The van der Waals surface area contributed by atoms with Crippen LogP contribution in [-0.2, 0) is 6.54 Å². The molecule has 2 rings (SSSR count). The molecule has 0 aliphatic heterocycles. The lowest BCUT2D eigenvalue weighted by atomic mass is 10.1. The number of hydrogen-bond acceptors (Lipinski definition) is 5. The molecule has 0 radical (unpaired) electrons. The van der Waals surface area contributed by atoms with Crippen molar-refractivity contribution in [2.45, 2.75) is 26.3 Å². The maximum absolute atomic E-state index is 5.41. The molecule has 0 aliphatic rings. The SMILES string of the molecule is CCNC(=NCc1cc(OC)c(OC)c(OC)c1)NCC(C)c1ccsc1.I. The molecule has 8 heteroatoms. The largest absolute Gasteiger partial charge is 0.493 e. The monoisotopic (exact) mass is 519 g/mol. The summed E-state index contributed by atoms with van der Waals surface area (Å²) in [5.41, 5.74) is 2.32. The Bertz CT molecular complexity index is 713. The number of ether oxygens (including phenoxy) is 3. The van der Waals surface area contributed by atoms with Crippen LogP contribution >= 0.6 is 35.3 Å². The van der Waals surface area contributed by atoms with Crippen LogP contribution in [0.1, 0.15) is 30.9 Å². The summed E-state index contributed by atoms with van der Waals surface area (Å²) in [5.74, 6) is 3.05. The van der Waals surface area contributed by atoms with Crippen LogP contribution in [0, 0.1) is 0 Å². The topological polar surface area (TPSA) is 64.1 Å². The van der Waals surface area contributed by atoms with E-state index in [1.54, 1.807) is 32.7 Å². The molecule has 0 saturated heterocycles. The zero-order valence-electron chi connectivity index (χ0n) is 17.1. The van der Waals surface area contributed by atoms with E-state index in [0.717, 1.165) is 24.6 Å². The van der Waals surface area contributed by atoms with Gasteiger partial charge in [-0.2, -0.15) is 11.3 Å². The molecule has 1 aromatic heterocycles. The molecule has 156 valence electrons. The van der Waals surface area contributed by atoms with Gasteiger partial charge in [0.25, 0.3) is 0 Å². The maximum Gasteiger partial charge on any atom is 0.203 e. The van der Waals surface area contributed by atoms with E-state index >= 15 is 0 Å². The Labute approximate surface area is 188 Å². The van der Waals surface area contributed by atoms with E-state index in [9.17, 15) is 0 Å². The Morgan fingerprint density at radius 3 is 2.29 bits per heavy atom. The van der Waals surface area contributed by atoms with Gasteiger partial charge < -0.3 is 24.8 Å². The van der Waals surface area contributed by atoms with E-state index < -0.39 is 0 Å². The second-order valence-corrected chi connectivity index (χ2v) is 6.85. The minimum Gasteiger partial charge on any atom is -0.493 e. The molecule has 1 atom stereocenters. The standard InChI is InChI=1S/C20H29N3O3S.HI/c1-6-21-20(22-11-14(2)16-7-8-27-13-16)23-12-15-9-17(24-3)19(26-5)18(10-15)25-4;/h7-10,13-14H,6,11-12H2,1-5H3,(H2,21,22,23);1H. The minimum atomic E-state index is 0. The highest BCUT2D eigenvalue weighted by molar-refractivity contribution is 14.0. The molecule has 0 spiro atoms. The second-order valence-electron chi connectivity index (χ2n) is 6.07. The van der Waals surface area contributed by atoms with Crippen molar-refractivity contribution in [3.63, 3.8) is 0 Å². The average molecular weight is 519 g/mol. The average Bonchev–Trinajstić information content (AvgIpc) is 3.23. The van der Waals surface area contributed by atoms with Gasteiger partial charge in [0, 0.05) is 13.1 Å². The molecule has 28 heavy (non-hydrogen) atoms. The number of halogens is 1. The number of methoxy groups -OCH3 is 3. The minimum absolute atomic E-state index is 0. The smallest absolute Gasteiger partial charge is 0.203 e. The van der Waals surface area contributed by atoms with E-state index in [-0.39, 0.29) is 24.0 Å². The first kappa shape index (κ1) is 24.4. The molecule has 0 saturated carbocycles. The highest BCUT2D eigenvalue weighted by atomic mass is 127. The Morgan fingerprint density at radius 1 is 1.11 bits per heavy atom. The predicted octanol–water partition coefficient (Wildman–Crippen LogP) is 4.25. The summed E-state index contributed by atoms with van der Waals surface area (Å²) in [4.78, 5) is 4.69. The van der Waals surface area contributed by atoms with E-state index in [4.69, 9.17) is 14.2 Å². The summed E-state index contributed by atoms with van der Waals surface area (Å²) in [6, 6.07) is 6.00. The van der Waals surface area contributed by atoms with Gasteiger partial charge in [-0.1, -0.05) is 6.92 Å². The van der Waals surface area contributed by atoms with Crippen molar-refractivity contribution in [2.75, 3.05) is 34.4 Å². The Morgan fingerprint density at radius 2 is 1.79 bits per heavy atom. The van der Waals surface area contributed by atoms with Gasteiger partial charge in [-0.3, -0.25) is 0 Å². The summed E-state index contributed by atoms with van der Waals surface area (Å²) < 4.78 is 16.2. The van der Waals surface area contributed by atoms with E-state index in [0.29, 0.717) is 29.7 Å². The number of nitrogens with zero attached hydrogens (tertiary/aromatic N) is 1. The summed E-state index contributed by atoms with van der Waals surface area (Å²) >= 11 is 1.72. The van der Waals surface area contributed by atoms with Crippen molar-refractivity contribution in [3.05, 3.63) is 40.1 Å². The molecular weight excluding hydrogens is 489 g/mol. The van der Waals surface area contributed by atoms with E-state index in [1.807, 2.05) is 12.1 Å². The highest BCUT2D eigenvalue weighted by Crippen LogP contribution is 2.38. The van der Waals surface area contributed by atoms with Crippen molar-refractivity contribution in [2.24, 2.45) is 4.99 Å². The maximum atomic E-state index is 5.41. The Kier molecular flexibility index (Phi) is 11.1. The normalized spacial score (nSPS) is 12.0. The zero-order chi connectivity index (χ0) is 19.6. The first-order valence-electron chi connectivity index (χ1n) is 8.96. The number of rotatable bonds is 9. The molecule has 0 aliphatic carbocycles. The number of nitrogens with one attached hydrogen (secondary N) is 2. The second kappa shape index (κ2) is 12.7. The van der Waals surface area contributed by atoms with Crippen LogP contribution in [0.2, 0.25) is 0 Å². The van der Waals surface area contributed by atoms with Gasteiger partial charge in [0.2, 0.25) is 5.75 Å². The van der Waals surface area contributed by atoms with Crippen LogP contribution in [0.15, 0.2) is 34.0 Å². The quantitative estimate of drug-likeness (QED) is 0.295. The molecule has 2 aromatic rings. The molecule has 0 bridgehead atoms. The highest BCUT2D eigenvalue weighted by Gasteiger charge is 2.13. The van der Waals surface area contributed by atoms with Crippen LogP contribution < -0.4 is 24.8 Å². The van der Waals surface area contributed by atoms with Gasteiger partial charge in [-0.25, -0.2) is 4.99 Å².